The second kappa shape index (κ2) is 5.73. The lowest BCUT2D eigenvalue weighted by atomic mass is 9.61. The third-order valence-electron chi connectivity index (χ3n) is 6.36. The summed E-state index contributed by atoms with van der Waals surface area (Å²) in [6.45, 7) is 8.30. The molecule has 0 amide bonds. The summed E-state index contributed by atoms with van der Waals surface area (Å²) in [6.07, 6.45) is 3.75. The van der Waals surface area contributed by atoms with E-state index < -0.39 is 0 Å². The van der Waals surface area contributed by atoms with Crippen LogP contribution in [-0.4, -0.2) is 18.6 Å². The van der Waals surface area contributed by atoms with E-state index in [4.69, 9.17) is 5.73 Å². The summed E-state index contributed by atoms with van der Waals surface area (Å²) in [4.78, 5) is 0. The Bertz CT molecular complexity index is 468. The molecule has 1 aromatic carbocycles. The van der Waals surface area contributed by atoms with Crippen LogP contribution in [0.5, 0.6) is 0 Å². The van der Waals surface area contributed by atoms with Gasteiger partial charge in [-0.2, -0.15) is 0 Å². The Kier molecular flexibility index (Phi) is 4.11. The number of hydrogen-bond donors (Lipinski definition) is 2. The molecule has 0 aromatic heterocycles. The molecule has 5 unspecified atom stereocenters. The fourth-order valence-electron chi connectivity index (χ4n) is 4.09. The quantitative estimate of drug-likeness (QED) is 0.888. The molecule has 2 saturated carbocycles. The van der Waals surface area contributed by atoms with Crippen molar-refractivity contribution < 1.29 is 0 Å². The highest BCUT2D eigenvalue weighted by atomic mass is 15.0. The van der Waals surface area contributed by atoms with Crippen molar-refractivity contribution in [3.63, 3.8) is 0 Å². The molecule has 0 bridgehead atoms. The minimum absolute atomic E-state index is 0.349. The van der Waals surface area contributed by atoms with E-state index in [1.165, 1.54) is 24.8 Å². The first-order chi connectivity index (χ1) is 10.00. The zero-order chi connectivity index (χ0) is 15.0. The van der Waals surface area contributed by atoms with E-state index in [1.807, 2.05) is 0 Å². The Balaban J connectivity index is 1.53. The van der Waals surface area contributed by atoms with Crippen molar-refractivity contribution in [3.8, 4) is 0 Å². The maximum absolute atomic E-state index is 6.26. The van der Waals surface area contributed by atoms with Gasteiger partial charge in [0.25, 0.3) is 0 Å². The van der Waals surface area contributed by atoms with E-state index in [9.17, 15) is 0 Å². The highest BCUT2D eigenvalue weighted by Crippen LogP contribution is 2.45. The molecule has 2 fully saturated rings. The van der Waals surface area contributed by atoms with Gasteiger partial charge in [-0.1, -0.05) is 51.1 Å². The molecule has 116 valence electrons. The summed E-state index contributed by atoms with van der Waals surface area (Å²) < 4.78 is 0. The van der Waals surface area contributed by atoms with Crippen LogP contribution in [0.4, 0.5) is 0 Å². The lowest BCUT2D eigenvalue weighted by Gasteiger charge is -2.47. The standard InChI is InChI=1S/C19H30N2/c1-13-17(20)10-9-15(19(13,2)3)12-21-18-11-16(18)14-7-5-4-6-8-14/h4-8,13,15-18,21H,9-12,20H2,1-3H3. The molecule has 0 radical (unpaired) electrons. The molecule has 2 aliphatic rings. The Morgan fingerprint density at radius 1 is 1.19 bits per heavy atom. The molecule has 2 heteroatoms. The lowest BCUT2D eigenvalue weighted by Crippen LogP contribution is -2.49. The summed E-state index contributed by atoms with van der Waals surface area (Å²) in [5.41, 5.74) is 8.10. The van der Waals surface area contributed by atoms with Crippen LogP contribution in [0.15, 0.2) is 30.3 Å². The normalized spacial score (nSPS) is 38.2. The maximum atomic E-state index is 6.26. The molecule has 21 heavy (non-hydrogen) atoms. The van der Waals surface area contributed by atoms with Gasteiger partial charge in [-0.3, -0.25) is 0 Å². The predicted molar refractivity (Wildman–Crippen MR) is 89.2 cm³/mol. The summed E-state index contributed by atoms with van der Waals surface area (Å²) in [6, 6.07) is 12.0. The fourth-order valence-corrected chi connectivity index (χ4v) is 4.09. The van der Waals surface area contributed by atoms with E-state index in [0.717, 1.165) is 18.4 Å². The molecule has 0 spiro atoms. The van der Waals surface area contributed by atoms with Crippen LogP contribution in [-0.2, 0) is 0 Å². The number of nitrogens with one attached hydrogen (secondary N) is 1. The van der Waals surface area contributed by atoms with Crippen molar-refractivity contribution >= 4 is 0 Å². The first-order valence-electron chi connectivity index (χ1n) is 8.54. The number of benzene rings is 1. The maximum Gasteiger partial charge on any atom is 0.0143 e. The number of hydrogen-bond acceptors (Lipinski definition) is 2. The van der Waals surface area contributed by atoms with Crippen LogP contribution in [0.3, 0.4) is 0 Å². The Hall–Kier alpha value is -0.860. The molecule has 3 rings (SSSR count). The van der Waals surface area contributed by atoms with Crippen molar-refractivity contribution in [2.24, 2.45) is 23.0 Å². The van der Waals surface area contributed by atoms with Crippen molar-refractivity contribution in [2.45, 2.75) is 58.0 Å². The Morgan fingerprint density at radius 3 is 2.62 bits per heavy atom. The molecule has 5 atom stereocenters. The average Bonchev–Trinajstić information content (AvgIpc) is 3.25. The van der Waals surface area contributed by atoms with E-state index in [0.29, 0.717) is 23.4 Å². The Morgan fingerprint density at radius 2 is 1.90 bits per heavy atom. The van der Waals surface area contributed by atoms with Gasteiger partial charge in [0.1, 0.15) is 0 Å². The van der Waals surface area contributed by atoms with Gasteiger partial charge in [-0.25, -0.2) is 0 Å². The van der Waals surface area contributed by atoms with Gasteiger partial charge in [0.15, 0.2) is 0 Å². The summed E-state index contributed by atoms with van der Waals surface area (Å²) in [5.74, 6) is 2.10. The highest BCUT2D eigenvalue weighted by Gasteiger charge is 2.43. The summed E-state index contributed by atoms with van der Waals surface area (Å²) >= 11 is 0. The molecule has 2 nitrogen and oxygen atoms in total. The van der Waals surface area contributed by atoms with Gasteiger partial charge in [0.05, 0.1) is 0 Å². The third kappa shape index (κ3) is 3.02. The topological polar surface area (TPSA) is 38.0 Å². The van der Waals surface area contributed by atoms with Crippen molar-refractivity contribution in [2.75, 3.05) is 6.54 Å². The van der Waals surface area contributed by atoms with Gasteiger partial charge < -0.3 is 11.1 Å². The molecule has 3 N–H and O–H groups in total. The second-order valence-electron chi connectivity index (χ2n) is 7.82. The van der Waals surface area contributed by atoms with Crippen molar-refractivity contribution in [1.29, 1.82) is 0 Å². The van der Waals surface area contributed by atoms with E-state index >= 15 is 0 Å². The fraction of sp³-hybridized carbons (Fsp3) is 0.684. The van der Waals surface area contributed by atoms with Gasteiger partial charge in [0.2, 0.25) is 0 Å². The minimum Gasteiger partial charge on any atom is -0.327 e. The molecule has 0 saturated heterocycles. The highest BCUT2D eigenvalue weighted by molar-refractivity contribution is 5.27. The number of nitrogens with two attached hydrogens (primary N) is 1. The van der Waals surface area contributed by atoms with Crippen molar-refractivity contribution in [1.82, 2.24) is 5.32 Å². The largest absolute Gasteiger partial charge is 0.327 e. The first kappa shape index (κ1) is 15.1. The molecule has 0 aliphatic heterocycles. The Labute approximate surface area is 129 Å². The second-order valence-corrected chi connectivity index (χ2v) is 7.82. The summed E-state index contributed by atoms with van der Waals surface area (Å²) in [7, 11) is 0. The zero-order valence-electron chi connectivity index (χ0n) is 13.7. The van der Waals surface area contributed by atoms with Crippen LogP contribution in [0.2, 0.25) is 0 Å². The summed E-state index contributed by atoms with van der Waals surface area (Å²) in [5, 5.41) is 3.83. The van der Waals surface area contributed by atoms with Gasteiger partial charge >= 0.3 is 0 Å². The van der Waals surface area contributed by atoms with E-state index in [2.05, 4.69) is 56.4 Å². The monoisotopic (exact) mass is 286 g/mol. The van der Waals surface area contributed by atoms with Gasteiger partial charge in [0, 0.05) is 18.0 Å². The number of rotatable bonds is 4. The van der Waals surface area contributed by atoms with Crippen LogP contribution in [0.25, 0.3) is 0 Å². The van der Waals surface area contributed by atoms with Crippen LogP contribution in [0, 0.1) is 17.3 Å². The minimum atomic E-state index is 0.349. The first-order valence-corrected chi connectivity index (χ1v) is 8.54. The van der Waals surface area contributed by atoms with Crippen LogP contribution < -0.4 is 11.1 Å². The van der Waals surface area contributed by atoms with Gasteiger partial charge in [-0.05, 0) is 48.6 Å². The lowest BCUT2D eigenvalue weighted by molar-refractivity contribution is 0.0538. The SMILES string of the molecule is CC1C(N)CCC(CNC2CC2c2ccccc2)C1(C)C. The molecule has 2 aliphatic carbocycles. The van der Waals surface area contributed by atoms with E-state index in [1.54, 1.807) is 0 Å². The predicted octanol–water partition coefficient (Wildman–Crippen LogP) is 3.53. The average molecular weight is 286 g/mol. The smallest absolute Gasteiger partial charge is 0.0143 e. The van der Waals surface area contributed by atoms with Crippen LogP contribution >= 0.6 is 0 Å². The zero-order valence-corrected chi connectivity index (χ0v) is 13.7. The van der Waals surface area contributed by atoms with Crippen LogP contribution in [0.1, 0.15) is 51.5 Å². The third-order valence-corrected chi connectivity index (χ3v) is 6.36. The van der Waals surface area contributed by atoms with Crippen molar-refractivity contribution in [3.05, 3.63) is 35.9 Å². The van der Waals surface area contributed by atoms with E-state index in [-0.39, 0.29) is 0 Å². The van der Waals surface area contributed by atoms with Gasteiger partial charge in [-0.15, -0.1) is 0 Å². The molecular weight excluding hydrogens is 256 g/mol. The molecular formula is C19H30N2. The molecule has 1 aromatic rings. The molecule has 0 heterocycles.